The molecular formula is C16H18N6O2. The summed E-state index contributed by atoms with van der Waals surface area (Å²) in [5.41, 5.74) is 1.80. The van der Waals surface area contributed by atoms with E-state index < -0.39 is 0 Å². The SMILES string of the molecule is COc1ccc(-c2cnc(NC(=O)CCCn3cncn3)[nH]2)cc1. The monoisotopic (exact) mass is 326 g/mol. The van der Waals surface area contributed by atoms with Crippen LogP contribution in [0.25, 0.3) is 11.3 Å². The number of aryl methyl sites for hydroxylation is 1. The van der Waals surface area contributed by atoms with Gasteiger partial charge in [-0.3, -0.25) is 14.8 Å². The van der Waals surface area contributed by atoms with Gasteiger partial charge in [0.25, 0.3) is 0 Å². The fourth-order valence-corrected chi connectivity index (χ4v) is 2.25. The number of hydrogen-bond donors (Lipinski definition) is 2. The number of carbonyl (C=O) groups excluding carboxylic acids is 1. The second-order valence-electron chi connectivity index (χ2n) is 5.18. The summed E-state index contributed by atoms with van der Waals surface area (Å²) in [5.74, 6) is 1.14. The molecule has 1 amide bonds. The molecule has 0 saturated carbocycles. The first-order chi connectivity index (χ1) is 11.7. The molecule has 0 aliphatic heterocycles. The summed E-state index contributed by atoms with van der Waals surface area (Å²) in [4.78, 5) is 23.1. The first kappa shape index (κ1) is 15.7. The van der Waals surface area contributed by atoms with Crippen molar-refractivity contribution in [2.24, 2.45) is 0 Å². The molecule has 3 rings (SSSR count). The van der Waals surface area contributed by atoms with Gasteiger partial charge in [0.05, 0.1) is 19.0 Å². The van der Waals surface area contributed by atoms with E-state index in [1.807, 2.05) is 24.3 Å². The lowest BCUT2D eigenvalue weighted by Crippen LogP contribution is -2.13. The van der Waals surface area contributed by atoms with Crippen LogP contribution in [0.2, 0.25) is 0 Å². The number of ether oxygens (including phenoxy) is 1. The Bertz CT molecular complexity index is 779. The Morgan fingerprint density at radius 1 is 1.33 bits per heavy atom. The van der Waals surface area contributed by atoms with E-state index >= 15 is 0 Å². The Balaban J connectivity index is 1.52. The molecule has 124 valence electrons. The van der Waals surface area contributed by atoms with Gasteiger partial charge in [-0.15, -0.1) is 0 Å². The van der Waals surface area contributed by atoms with Gasteiger partial charge in [-0.25, -0.2) is 9.97 Å². The molecule has 0 saturated heterocycles. The topological polar surface area (TPSA) is 97.7 Å². The number of anilines is 1. The molecule has 24 heavy (non-hydrogen) atoms. The highest BCUT2D eigenvalue weighted by molar-refractivity contribution is 5.89. The van der Waals surface area contributed by atoms with Crippen LogP contribution < -0.4 is 10.1 Å². The molecule has 2 aromatic heterocycles. The summed E-state index contributed by atoms with van der Waals surface area (Å²) in [6.45, 7) is 0.655. The Morgan fingerprint density at radius 3 is 2.88 bits per heavy atom. The summed E-state index contributed by atoms with van der Waals surface area (Å²) in [6, 6.07) is 7.60. The van der Waals surface area contributed by atoms with E-state index in [1.165, 1.54) is 6.33 Å². The number of nitrogens with one attached hydrogen (secondary N) is 2. The van der Waals surface area contributed by atoms with Crippen molar-refractivity contribution in [1.29, 1.82) is 0 Å². The largest absolute Gasteiger partial charge is 0.497 e. The molecule has 0 aliphatic carbocycles. The minimum Gasteiger partial charge on any atom is -0.497 e. The quantitative estimate of drug-likeness (QED) is 0.693. The maximum Gasteiger partial charge on any atom is 0.226 e. The highest BCUT2D eigenvalue weighted by Crippen LogP contribution is 2.21. The predicted molar refractivity (Wildman–Crippen MR) is 88.5 cm³/mol. The van der Waals surface area contributed by atoms with E-state index in [2.05, 4.69) is 25.4 Å². The van der Waals surface area contributed by atoms with E-state index in [4.69, 9.17) is 4.74 Å². The highest BCUT2D eigenvalue weighted by atomic mass is 16.5. The molecule has 0 spiro atoms. The van der Waals surface area contributed by atoms with Crippen LogP contribution in [-0.4, -0.2) is 37.7 Å². The van der Waals surface area contributed by atoms with Crippen molar-refractivity contribution in [3.05, 3.63) is 43.1 Å². The number of nitrogens with zero attached hydrogens (tertiary/aromatic N) is 4. The molecule has 0 unspecified atom stereocenters. The minimum atomic E-state index is -0.0919. The number of aromatic nitrogens is 5. The number of carbonyl (C=O) groups is 1. The third-order valence-electron chi connectivity index (χ3n) is 3.49. The lowest BCUT2D eigenvalue weighted by atomic mass is 10.2. The van der Waals surface area contributed by atoms with Gasteiger partial charge in [0.15, 0.2) is 0 Å². The van der Waals surface area contributed by atoms with E-state index in [1.54, 1.807) is 24.3 Å². The molecule has 1 aromatic carbocycles. The molecule has 3 aromatic rings. The lowest BCUT2D eigenvalue weighted by molar-refractivity contribution is -0.116. The third kappa shape index (κ3) is 3.97. The lowest BCUT2D eigenvalue weighted by Gasteiger charge is -2.03. The number of imidazole rings is 1. The van der Waals surface area contributed by atoms with Crippen molar-refractivity contribution in [1.82, 2.24) is 24.7 Å². The molecule has 0 bridgehead atoms. The molecule has 2 heterocycles. The first-order valence-electron chi connectivity index (χ1n) is 7.56. The number of hydrogen-bond acceptors (Lipinski definition) is 5. The molecule has 0 fully saturated rings. The Labute approximate surface area is 138 Å². The average molecular weight is 326 g/mol. The van der Waals surface area contributed by atoms with Crippen molar-refractivity contribution in [3.63, 3.8) is 0 Å². The fraction of sp³-hybridized carbons (Fsp3) is 0.250. The van der Waals surface area contributed by atoms with Crippen LogP contribution in [0.3, 0.4) is 0 Å². The van der Waals surface area contributed by atoms with Crippen LogP contribution in [0, 0.1) is 0 Å². The maximum atomic E-state index is 11.9. The van der Waals surface area contributed by atoms with Gasteiger partial charge in [-0.2, -0.15) is 5.10 Å². The highest BCUT2D eigenvalue weighted by Gasteiger charge is 2.07. The van der Waals surface area contributed by atoms with Crippen molar-refractivity contribution in [2.45, 2.75) is 19.4 Å². The summed E-state index contributed by atoms with van der Waals surface area (Å²) in [5, 5.41) is 6.75. The number of methoxy groups -OCH3 is 1. The molecule has 8 nitrogen and oxygen atoms in total. The van der Waals surface area contributed by atoms with Crippen molar-refractivity contribution in [2.75, 3.05) is 12.4 Å². The minimum absolute atomic E-state index is 0.0919. The normalized spacial score (nSPS) is 10.5. The number of benzene rings is 1. The second kappa shape index (κ2) is 7.40. The second-order valence-corrected chi connectivity index (χ2v) is 5.18. The van der Waals surface area contributed by atoms with Crippen LogP contribution in [0.4, 0.5) is 5.95 Å². The summed E-state index contributed by atoms with van der Waals surface area (Å²) in [7, 11) is 1.63. The van der Waals surface area contributed by atoms with Gasteiger partial charge in [-0.1, -0.05) is 0 Å². The van der Waals surface area contributed by atoms with Crippen molar-refractivity contribution >= 4 is 11.9 Å². The van der Waals surface area contributed by atoms with Gasteiger partial charge in [0.1, 0.15) is 18.4 Å². The summed E-state index contributed by atoms with van der Waals surface area (Å²) >= 11 is 0. The molecular weight excluding hydrogens is 308 g/mol. The van der Waals surface area contributed by atoms with Gasteiger partial charge in [-0.05, 0) is 36.2 Å². The molecule has 8 heteroatoms. The van der Waals surface area contributed by atoms with E-state index in [0.29, 0.717) is 25.3 Å². The Morgan fingerprint density at radius 2 is 2.17 bits per heavy atom. The number of rotatable bonds is 7. The number of aromatic amines is 1. The molecule has 0 radical (unpaired) electrons. The third-order valence-corrected chi connectivity index (χ3v) is 3.49. The molecule has 2 N–H and O–H groups in total. The van der Waals surface area contributed by atoms with Gasteiger partial charge in [0.2, 0.25) is 11.9 Å². The van der Waals surface area contributed by atoms with Crippen LogP contribution in [-0.2, 0) is 11.3 Å². The van der Waals surface area contributed by atoms with Crippen LogP contribution in [0.1, 0.15) is 12.8 Å². The molecule has 0 aliphatic rings. The smallest absolute Gasteiger partial charge is 0.226 e. The van der Waals surface area contributed by atoms with E-state index in [9.17, 15) is 4.79 Å². The standard InChI is InChI=1S/C16H18N6O2/c1-24-13-6-4-12(5-7-13)14-9-18-16(20-14)21-15(23)3-2-8-22-11-17-10-19-22/h4-7,9-11H,2-3,8H2,1H3,(H2,18,20,21,23). The van der Waals surface area contributed by atoms with Crippen molar-refractivity contribution in [3.8, 4) is 17.0 Å². The van der Waals surface area contributed by atoms with E-state index in [-0.39, 0.29) is 5.91 Å². The average Bonchev–Trinajstić information content (AvgIpc) is 3.27. The van der Waals surface area contributed by atoms with Gasteiger partial charge in [0, 0.05) is 13.0 Å². The van der Waals surface area contributed by atoms with Crippen LogP contribution in [0.15, 0.2) is 43.1 Å². The fourth-order valence-electron chi connectivity index (χ4n) is 2.25. The van der Waals surface area contributed by atoms with Gasteiger partial charge < -0.3 is 9.72 Å². The maximum absolute atomic E-state index is 11.9. The summed E-state index contributed by atoms with van der Waals surface area (Å²) in [6.07, 6.45) is 5.86. The summed E-state index contributed by atoms with van der Waals surface area (Å²) < 4.78 is 6.83. The number of amides is 1. The predicted octanol–water partition coefficient (Wildman–Crippen LogP) is 2.10. The zero-order chi connectivity index (χ0) is 16.8. The van der Waals surface area contributed by atoms with Crippen LogP contribution in [0.5, 0.6) is 5.75 Å². The number of H-pyrrole nitrogens is 1. The van der Waals surface area contributed by atoms with E-state index in [0.717, 1.165) is 17.0 Å². The van der Waals surface area contributed by atoms with Gasteiger partial charge >= 0.3 is 0 Å². The molecule has 0 atom stereocenters. The van der Waals surface area contributed by atoms with Crippen molar-refractivity contribution < 1.29 is 9.53 Å². The Kier molecular flexibility index (Phi) is 4.85. The first-order valence-corrected chi connectivity index (χ1v) is 7.56. The zero-order valence-electron chi connectivity index (χ0n) is 13.3. The Hall–Kier alpha value is -3.16. The zero-order valence-corrected chi connectivity index (χ0v) is 13.3. The van der Waals surface area contributed by atoms with Crippen LogP contribution >= 0.6 is 0 Å².